The van der Waals surface area contributed by atoms with Gasteiger partial charge in [0.2, 0.25) is 5.91 Å². The Hall–Kier alpha value is -4.29. The number of imidazole rings is 1. The molecule has 3 amide bonds. The summed E-state index contributed by atoms with van der Waals surface area (Å²) in [5, 5.41) is 2.86. The van der Waals surface area contributed by atoms with E-state index >= 15 is 0 Å². The number of fused-ring (bicyclic) bond motifs is 2. The number of carbonyl (C=O) groups excluding carboxylic acids is 2. The van der Waals surface area contributed by atoms with E-state index in [4.69, 9.17) is 22.3 Å². The Balaban J connectivity index is 1.28. The van der Waals surface area contributed by atoms with Gasteiger partial charge >= 0.3 is 12.2 Å². The summed E-state index contributed by atoms with van der Waals surface area (Å²) in [4.78, 5) is 38.2. The number of benzene rings is 3. The van der Waals surface area contributed by atoms with Crippen molar-refractivity contribution in [1.29, 1.82) is 0 Å². The van der Waals surface area contributed by atoms with E-state index in [2.05, 4.69) is 28.6 Å². The van der Waals surface area contributed by atoms with Crippen molar-refractivity contribution in [1.82, 2.24) is 24.3 Å². The molecule has 2 aliphatic heterocycles. The number of nitrogen functional groups attached to an aromatic ring is 1. The van der Waals surface area contributed by atoms with Crippen LogP contribution in [0.3, 0.4) is 0 Å². The second-order valence-corrected chi connectivity index (χ2v) is 15.6. The van der Waals surface area contributed by atoms with E-state index in [0.29, 0.717) is 50.4 Å². The van der Waals surface area contributed by atoms with Crippen LogP contribution in [0.1, 0.15) is 61.5 Å². The highest BCUT2D eigenvalue weighted by molar-refractivity contribution is 6.33. The molecule has 0 radical (unpaired) electrons. The number of nitrogens with two attached hydrogens (primary N) is 1. The Labute approximate surface area is 307 Å². The maximum atomic E-state index is 14.2. The number of likely N-dealkylation sites (tertiary alicyclic amines) is 1. The lowest BCUT2D eigenvalue weighted by molar-refractivity contribution is -0.137. The summed E-state index contributed by atoms with van der Waals surface area (Å²) in [6.45, 7) is 7.20. The predicted octanol–water partition coefficient (Wildman–Crippen LogP) is 7.68. The Morgan fingerprint density at radius 1 is 1.06 bits per heavy atom. The second-order valence-electron chi connectivity index (χ2n) is 15.2. The molecule has 0 saturated carbocycles. The summed E-state index contributed by atoms with van der Waals surface area (Å²) < 4.78 is 44.3. The number of rotatable bonds is 10. The molecule has 3 heterocycles. The van der Waals surface area contributed by atoms with Gasteiger partial charge in [-0.15, -0.1) is 0 Å². The standard InChI is InChI=1S/C39H47ClF3N7O2/c1-38(2,23-47(3)4)24-50-33-12-8-7-11-32(33)45-36(50)27(19-25-20-29(39(41,42)43)35(44)30(40)21-25)22-34(51)48-16-14-28(15-17-48)49-18-13-26-9-5-6-10-31(26)46-37(49)52/h5-12,20-21,27-28H,13-19,22-24,44H2,1-4H3,(H,46,52). The van der Waals surface area contributed by atoms with Crippen molar-refractivity contribution in [3.05, 3.63) is 88.2 Å². The molecule has 1 atom stereocenters. The molecule has 0 bridgehead atoms. The minimum absolute atomic E-state index is 0.0185. The van der Waals surface area contributed by atoms with Gasteiger partial charge < -0.3 is 30.3 Å². The minimum Gasteiger partial charge on any atom is -0.397 e. The number of piperidine rings is 1. The molecule has 3 aromatic carbocycles. The third-order valence-corrected chi connectivity index (χ3v) is 10.5. The lowest BCUT2D eigenvalue weighted by Gasteiger charge is -2.38. The van der Waals surface area contributed by atoms with Gasteiger partial charge in [-0.2, -0.15) is 13.2 Å². The zero-order valence-electron chi connectivity index (χ0n) is 30.1. The normalized spacial score (nSPS) is 16.6. The number of urea groups is 1. The number of nitrogens with zero attached hydrogens (tertiary/aromatic N) is 5. The predicted molar refractivity (Wildman–Crippen MR) is 199 cm³/mol. The summed E-state index contributed by atoms with van der Waals surface area (Å²) in [5.74, 6) is -0.0399. The van der Waals surface area contributed by atoms with Crippen LogP contribution >= 0.6 is 11.6 Å². The van der Waals surface area contributed by atoms with Crippen molar-refractivity contribution >= 4 is 45.9 Å². The quantitative estimate of drug-likeness (QED) is 0.163. The largest absolute Gasteiger partial charge is 0.418 e. The van der Waals surface area contributed by atoms with E-state index in [1.807, 2.05) is 72.4 Å². The highest BCUT2D eigenvalue weighted by Gasteiger charge is 2.36. The fraction of sp³-hybridized carbons (Fsp3) is 0.462. The van der Waals surface area contributed by atoms with Gasteiger partial charge in [-0.3, -0.25) is 4.79 Å². The topological polar surface area (TPSA) is 99.7 Å². The van der Waals surface area contributed by atoms with E-state index in [9.17, 15) is 22.8 Å². The Morgan fingerprint density at radius 2 is 1.75 bits per heavy atom. The molecule has 2 aliphatic rings. The van der Waals surface area contributed by atoms with Gasteiger partial charge in [0.05, 0.1) is 27.3 Å². The fourth-order valence-corrected chi connectivity index (χ4v) is 8.22. The molecule has 1 unspecified atom stereocenters. The van der Waals surface area contributed by atoms with Gasteiger partial charge in [0.25, 0.3) is 0 Å². The molecule has 1 fully saturated rings. The molecular formula is C39H47ClF3N7O2. The Bertz CT molecular complexity index is 1930. The first kappa shape index (κ1) is 37.5. The summed E-state index contributed by atoms with van der Waals surface area (Å²) in [7, 11) is 4.03. The number of hydrogen-bond donors (Lipinski definition) is 2. The van der Waals surface area contributed by atoms with Crippen molar-refractivity contribution in [3.63, 3.8) is 0 Å². The zero-order chi connectivity index (χ0) is 37.4. The smallest absolute Gasteiger partial charge is 0.397 e. The third-order valence-electron chi connectivity index (χ3n) is 10.2. The molecule has 1 saturated heterocycles. The van der Waals surface area contributed by atoms with Crippen LogP contribution in [-0.4, -0.2) is 82.5 Å². The van der Waals surface area contributed by atoms with Gasteiger partial charge in [0, 0.05) is 56.8 Å². The maximum absolute atomic E-state index is 14.2. The number of nitrogens with one attached hydrogen (secondary N) is 1. The number of halogens is 4. The van der Waals surface area contributed by atoms with Crippen molar-refractivity contribution < 1.29 is 22.8 Å². The summed E-state index contributed by atoms with van der Waals surface area (Å²) >= 11 is 6.28. The summed E-state index contributed by atoms with van der Waals surface area (Å²) in [6, 6.07) is 17.9. The van der Waals surface area contributed by atoms with Gasteiger partial charge in [-0.05, 0) is 86.7 Å². The fourth-order valence-electron chi connectivity index (χ4n) is 7.98. The van der Waals surface area contributed by atoms with Gasteiger partial charge in [0.1, 0.15) is 5.82 Å². The van der Waals surface area contributed by atoms with Crippen molar-refractivity contribution in [2.75, 3.05) is 51.3 Å². The average Bonchev–Trinajstić information content (AvgIpc) is 3.33. The van der Waals surface area contributed by atoms with Gasteiger partial charge in [0.15, 0.2) is 0 Å². The molecule has 9 nitrogen and oxygen atoms in total. The molecule has 0 spiro atoms. The molecule has 0 aliphatic carbocycles. The number of aromatic nitrogens is 2. The van der Waals surface area contributed by atoms with Crippen LogP contribution in [0.5, 0.6) is 0 Å². The van der Waals surface area contributed by atoms with Crippen LogP contribution < -0.4 is 11.1 Å². The summed E-state index contributed by atoms with van der Waals surface area (Å²) in [6.07, 6.45) is -2.58. The molecule has 4 aromatic rings. The van der Waals surface area contributed by atoms with Crippen LogP contribution in [0.15, 0.2) is 60.7 Å². The van der Waals surface area contributed by atoms with E-state index in [-0.39, 0.29) is 41.3 Å². The van der Waals surface area contributed by atoms with Crippen LogP contribution in [-0.2, 0) is 30.4 Å². The number of para-hydroxylation sites is 3. The van der Waals surface area contributed by atoms with E-state index < -0.39 is 23.3 Å². The molecule has 52 heavy (non-hydrogen) atoms. The lowest BCUT2D eigenvalue weighted by Crippen LogP contribution is -2.50. The summed E-state index contributed by atoms with van der Waals surface area (Å²) in [5.41, 5.74) is 7.96. The van der Waals surface area contributed by atoms with Crippen molar-refractivity contribution in [3.8, 4) is 0 Å². The van der Waals surface area contributed by atoms with E-state index in [0.717, 1.165) is 41.3 Å². The molecule has 278 valence electrons. The number of hydrogen-bond acceptors (Lipinski definition) is 5. The van der Waals surface area contributed by atoms with E-state index in [1.165, 1.54) is 6.07 Å². The highest BCUT2D eigenvalue weighted by Crippen LogP contribution is 2.40. The van der Waals surface area contributed by atoms with Crippen LogP contribution in [0.4, 0.5) is 29.3 Å². The highest BCUT2D eigenvalue weighted by atomic mass is 35.5. The Kier molecular flexibility index (Phi) is 10.8. The number of anilines is 2. The third kappa shape index (κ3) is 8.33. The molecule has 3 N–H and O–H groups in total. The van der Waals surface area contributed by atoms with Crippen molar-refractivity contribution in [2.45, 2.75) is 70.6 Å². The first-order valence-electron chi connectivity index (χ1n) is 17.8. The van der Waals surface area contributed by atoms with Crippen LogP contribution in [0.2, 0.25) is 5.02 Å². The number of carbonyl (C=O) groups is 2. The molecular weight excluding hydrogens is 691 g/mol. The van der Waals surface area contributed by atoms with Gasteiger partial charge in [-0.25, -0.2) is 9.78 Å². The number of amides is 3. The zero-order valence-corrected chi connectivity index (χ0v) is 30.9. The maximum Gasteiger partial charge on any atom is 0.418 e. The lowest BCUT2D eigenvalue weighted by atomic mass is 9.90. The SMILES string of the molecule is CN(C)CC(C)(C)Cn1c(C(CC(=O)N2CCC(N3CCc4ccccc4NC3=O)CC2)Cc2cc(Cl)c(N)c(C(F)(F)F)c2)nc2ccccc21. The van der Waals surface area contributed by atoms with E-state index in [1.54, 1.807) is 0 Å². The average molecular weight is 738 g/mol. The number of alkyl halides is 3. The Morgan fingerprint density at radius 3 is 2.46 bits per heavy atom. The van der Waals surface area contributed by atoms with Gasteiger partial charge in [-0.1, -0.05) is 55.8 Å². The van der Waals surface area contributed by atoms with Crippen LogP contribution in [0, 0.1) is 5.41 Å². The molecule has 6 rings (SSSR count). The monoisotopic (exact) mass is 737 g/mol. The van der Waals surface area contributed by atoms with Crippen molar-refractivity contribution in [2.24, 2.45) is 5.41 Å². The molecule has 13 heteroatoms. The first-order chi connectivity index (χ1) is 24.6. The first-order valence-corrected chi connectivity index (χ1v) is 18.2. The molecule has 1 aromatic heterocycles. The second kappa shape index (κ2) is 15.0. The minimum atomic E-state index is -4.70. The van der Waals surface area contributed by atoms with Crippen LogP contribution in [0.25, 0.3) is 11.0 Å².